The third-order valence-corrected chi connectivity index (χ3v) is 4.94. The van der Waals surface area contributed by atoms with E-state index in [1.165, 1.54) is 23.6 Å². The van der Waals surface area contributed by atoms with Gasteiger partial charge in [0.05, 0.1) is 16.9 Å². The molecule has 3 rings (SSSR count). The van der Waals surface area contributed by atoms with Crippen LogP contribution in [0.2, 0.25) is 5.02 Å². The summed E-state index contributed by atoms with van der Waals surface area (Å²) in [5, 5.41) is 6.74. The van der Waals surface area contributed by atoms with E-state index in [1.807, 2.05) is 35.7 Å². The molecule has 0 bridgehead atoms. The number of hydrogen-bond acceptors (Lipinski definition) is 4. The zero-order chi connectivity index (χ0) is 16.2. The van der Waals surface area contributed by atoms with Crippen LogP contribution in [0.3, 0.4) is 0 Å². The van der Waals surface area contributed by atoms with Gasteiger partial charge in [-0.05, 0) is 33.6 Å². The van der Waals surface area contributed by atoms with Crippen molar-refractivity contribution in [3.05, 3.63) is 68.7 Å². The zero-order valence-corrected chi connectivity index (χ0v) is 14.8. The molecule has 3 nitrogen and oxygen atoms in total. The summed E-state index contributed by atoms with van der Waals surface area (Å²) in [7, 11) is 0. The van der Waals surface area contributed by atoms with Crippen LogP contribution in [-0.2, 0) is 0 Å². The highest BCUT2D eigenvalue weighted by molar-refractivity contribution is 9.10. The van der Waals surface area contributed by atoms with E-state index in [9.17, 15) is 4.39 Å². The van der Waals surface area contributed by atoms with Crippen molar-refractivity contribution in [2.24, 2.45) is 5.10 Å². The van der Waals surface area contributed by atoms with E-state index < -0.39 is 5.82 Å². The minimum absolute atomic E-state index is 0.0579. The van der Waals surface area contributed by atoms with Gasteiger partial charge in [0.25, 0.3) is 0 Å². The summed E-state index contributed by atoms with van der Waals surface area (Å²) in [6.45, 7) is 0. The molecule has 0 unspecified atom stereocenters. The van der Waals surface area contributed by atoms with Crippen LogP contribution >= 0.6 is 38.9 Å². The van der Waals surface area contributed by atoms with Crippen molar-refractivity contribution in [1.29, 1.82) is 0 Å². The fraction of sp³-hybridized carbons (Fsp3) is 0. The Hall–Kier alpha value is -1.76. The number of benzene rings is 2. The van der Waals surface area contributed by atoms with E-state index in [1.54, 1.807) is 6.07 Å². The van der Waals surface area contributed by atoms with E-state index in [0.717, 1.165) is 11.3 Å². The molecule has 7 heteroatoms. The molecule has 116 valence electrons. The van der Waals surface area contributed by atoms with Crippen LogP contribution in [0.15, 0.2) is 57.4 Å². The second kappa shape index (κ2) is 7.21. The Morgan fingerprint density at radius 3 is 2.78 bits per heavy atom. The molecule has 0 atom stereocenters. The molecule has 23 heavy (non-hydrogen) atoms. The van der Waals surface area contributed by atoms with Crippen LogP contribution in [0.1, 0.15) is 5.56 Å². The molecular formula is C16H10BrClFN3S. The first-order chi connectivity index (χ1) is 11.1. The number of hydrazone groups is 1. The molecule has 0 aliphatic carbocycles. The Morgan fingerprint density at radius 2 is 2.04 bits per heavy atom. The molecule has 0 saturated heterocycles. The van der Waals surface area contributed by atoms with Crippen molar-refractivity contribution in [3.8, 4) is 11.3 Å². The summed E-state index contributed by atoms with van der Waals surface area (Å²) in [4.78, 5) is 4.45. The van der Waals surface area contributed by atoms with E-state index >= 15 is 0 Å². The first kappa shape index (κ1) is 16.1. The average molecular weight is 411 g/mol. The van der Waals surface area contributed by atoms with Gasteiger partial charge in [0.2, 0.25) is 5.13 Å². The SMILES string of the molecule is Fc1cc(C=NNc2nc(-c3ccccc3)cs2)cc(Br)c1Cl. The van der Waals surface area contributed by atoms with Crippen molar-refractivity contribution >= 4 is 50.2 Å². The van der Waals surface area contributed by atoms with Gasteiger partial charge in [-0.15, -0.1) is 11.3 Å². The maximum Gasteiger partial charge on any atom is 0.203 e. The van der Waals surface area contributed by atoms with Crippen LogP contribution in [0.4, 0.5) is 9.52 Å². The lowest BCUT2D eigenvalue weighted by Gasteiger charge is -2.00. The van der Waals surface area contributed by atoms with Gasteiger partial charge in [-0.2, -0.15) is 5.10 Å². The first-order valence-corrected chi connectivity index (χ1v) is 8.63. The second-order valence-corrected chi connectivity index (χ2v) is 6.66. The lowest BCUT2D eigenvalue weighted by molar-refractivity contribution is 0.627. The monoisotopic (exact) mass is 409 g/mol. The summed E-state index contributed by atoms with van der Waals surface area (Å²) < 4.78 is 14.0. The van der Waals surface area contributed by atoms with Crippen molar-refractivity contribution in [2.45, 2.75) is 0 Å². The predicted octanol–water partition coefficient (Wildman–Crippen LogP) is 5.81. The van der Waals surface area contributed by atoms with E-state index in [2.05, 4.69) is 31.4 Å². The van der Waals surface area contributed by atoms with E-state index in [0.29, 0.717) is 15.2 Å². The van der Waals surface area contributed by atoms with Gasteiger partial charge in [0.15, 0.2) is 0 Å². The molecule has 3 aromatic rings. The molecule has 0 fully saturated rings. The summed E-state index contributed by atoms with van der Waals surface area (Å²) in [6, 6.07) is 12.9. The van der Waals surface area contributed by atoms with Gasteiger partial charge >= 0.3 is 0 Å². The summed E-state index contributed by atoms with van der Waals surface area (Å²) in [6.07, 6.45) is 1.51. The van der Waals surface area contributed by atoms with Gasteiger partial charge in [0, 0.05) is 15.4 Å². The fourth-order valence-electron chi connectivity index (χ4n) is 1.88. The Kier molecular flexibility index (Phi) is 5.05. The van der Waals surface area contributed by atoms with Gasteiger partial charge < -0.3 is 0 Å². The number of anilines is 1. The predicted molar refractivity (Wildman–Crippen MR) is 97.9 cm³/mol. The van der Waals surface area contributed by atoms with Crippen LogP contribution < -0.4 is 5.43 Å². The smallest absolute Gasteiger partial charge is 0.203 e. The molecule has 1 aromatic heterocycles. The second-order valence-electron chi connectivity index (χ2n) is 4.57. The average Bonchev–Trinajstić information content (AvgIpc) is 3.02. The third-order valence-electron chi connectivity index (χ3n) is 2.95. The first-order valence-electron chi connectivity index (χ1n) is 6.58. The lowest BCUT2D eigenvalue weighted by Crippen LogP contribution is -1.92. The van der Waals surface area contributed by atoms with Crippen LogP contribution in [0.5, 0.6) is 0 Å². The van der Waals surface area contributed by atoms with Crippen molar-refractivity contribution in [2.75, 3.05) is 5.43 Å². The van der Waals surface area contributed by atoms with Crippen LogP contribution in [0.25, 0.3) is 11.3 Å². The minimum Gasteiger partial charge on any atom is -0.253 e. The van der Waals surface area contributed by atoms with E-state index in [4.69, 9.17) is 11.6 Å². The molecule has 0 radical (unpaired) electrons. The number of aromatic nitrogens is 1. The normalized spacial score (nSPS) is 11.1. The number of thiazole rings is 1. The lowest BCUT2D eigenvalue weighted by atomic mass is 10.2. The number of nitrogens with one attached hydrogen (secondary N) is 1. The molecular weight excluding hydrogens is 401 g/mol. The molecule has 1 N–H and O–H groups in total. The molecule has 0 amide bonds. The fourth-order valence-corrected chi connectivity index (χ4v) is 3.11. The van der Waals surface area contributed by atoms with Gasteiger partial charge in [-0.25, -0.2) is 9.37 Å². The van der Waals surface area contributed by atoms with E-state index in [-0.39, 0.29) is 5.02 Å². The van der Waals surface area contributed by atoms with Gasteiger partial charge in [0.1, 0.15) is 5.82 Å². The summed E-state index contributed by atoms with van der Waals surface area (Å²) in [5.74, 6) is -0.497. The zero-order valence-electron chi connectivity index (χ0n) is 11.6. The molecule has 0 aliphatic rings. The van der Waals surface area contributed by atoms with Crippen LogP contribution in [0, 0.1) is 5.82 Å². The number of nitrogens with zero attached hydrogens (tertiary/aromatic N) is 2. The number of rotatable bonds is 4. The van der Waals surface area contributed by atoms with Gasteiger partial charge in [-0.3, -0.25) is 5.43 Å². The topological polar surface area (TPSA) is 37.3 Å². The highest BCUT2D eigenvalue weighted by atomic mass is 79.9. The standard InChI is InChI=1S/C16H10BrClFN3S/c17-12-6-10(7-13(19)15(12)18)8-20-22-16-21-14(9-23-16)11-4-2-1-3-5-11/h1-9H,(H,21,22). The molecule has 2 aromatic carbocycles. The third kappa shape index (κ3) is 3.96. The molecule has 0 saturated carbocycles. The molecule has 0 spiro atoms. The van der Waals surface area contributed by atoms with Crippen molar-refractivity contribution in [3.63, 3.8) is 0 Å². The van der Waals surface area contributed by atoms with Crippen LogP contribution in [-0.4, -0.2) is 11.2 Å². The Bertz CT molecular complexity index is 829. The quantitative estimate of drug-likeness (QED) is 0.335. The molecule has 0 aliphatic heterocycles. The minimum atomic E-state index is -0.497. The Labute approximate surface area is 150 Å². The summed E-state index contributed by atoms with van der Waals surface area (Å²) in [5.41, 5.74) is 5.36. The highest BCUT2D eigenvalue weighted by Gasteiger charge is 2.06. The Balaban J connectivity index is 1.70. The largest absolute Gasteiger partial charge is 0.253 e. The maximum absolute atomic E-state index is 13.5. The maximum atomic E-state index is 13.5. The number of hydrogen-bond donors (Lipinski definition) is 1. The molecule has 1 heterocycles. The Morgan fingerprint density at radius 1 is 1.26 bits per heavy atom. The number of halogens is 3. The van der Waals surface area contributed by atoms with Crippen molar-refractivity contribution in [1.82, 2.24) is 4.98 Å². The highest BCUT2D eigenvalue weighted by Crippen LogP contribution is 2.27. The van der Waals surface area contributed by atoms with Gasteiger partial charge in [-0.1, -0.05) is 41.9 Å². The van der Waals surface area contributed by atoms with Crippen molar-refractivity contribution < 1.29 is 4.39 Å². The summed E-state index contributed by atoms with van der Waals surface area (Å²) >= 11 is 10.4.